The lowest BCUT2D eigenvalue weighted by Gasteiger charge is -2.27. The van der Waals surface area contributed by atoms with E-state index in [4.69, 9.17) is 0 Å². The largest absolute Gasteiger partial charge is 0.384 e. The van der Waals surface area contributed by atoms with E-state index in [2.05, 4.69) is 38.8 Å². The molecule has 1 aliphatic rings. The lowest BCUT2D eigenvalue weighted by molar-refractivity contribution is 0.0233. The number of halogens is 2. The Morgan fingerprint density at radius 1 is 1.33 bits per heavy atom. The number of rotatable bonds is 1. The maximum Gasteiger partial charge on any atom is 0.102 e. The van der Waals surface area contributed by atoms with Crippen molar-refractivity contribution >= 4 is 43.6 Å². The third-order valence-electron chi connectivity index (χ3n) is 2.87. The zero-order valence-corrected chi connectivity index (χ0v) is 12.3. The molecule has 1 heterocycles. The van der Waals surface area contributed by atoms with Crippen LogP contribution in [-0.4, -0.2) is 16.6 Å². The van der Waals surface area contributed by atoms with Crippen LogP contribution in [0, 0.1) is 5.92 Å². The Morgan fingerprint density at radius 3 is 2.40 bits per heavy atom. The van der Waals surface area contributed by atoms with E-state index in [0.717, 1.165) is 26.0 Å². The summed E-state index contributed by atoms with van der Waals surface area (Å²) in [5.74, 6) is 2.13. The minimum absolute atomic E-state index is 0.309. The SMILES string of the molecule is C[C@H]1CSC[C@@]1(O)c1cc(Br)cc(Br)c1. The highest BCUT2D eigenvalue weighted by atomic mass is 79.9. The highest BCUT2D eigenvalue weighted by Gasteiger charge is 2.40. The molecule has 1 aromatic rings. The maximum absolute atomic E-state index is 10.6. The van der Waals surface area contributed by atoms with E-state index >= 15 is 0 Å². The van der Waals surface area contributed by atoms with Gasteiger partial charge in [0.2, 0.25) is 0 Å². The second-order valence-corrected chi connectivity index (χ2v) is 6.86. The second-order valence-electron chi connectivity index (χ2n) is 4.00. The minimum atomic E-state index is -0.670. The summed E-state index contributed by atoms with van der Waals surface area (Å²) in [6, 6.07) is 6.00. The Bertz CT molecular complexity index is 363. The smallest absolute Gasteiger partial charge is 0.102 e. The third-order valence-corrected chi connectivity index (χ3v) is 5.16. The van der Waals surface area contributed by atoms with Gasteiger partial charge >= 0.3 is 0 Å². The number of hydrogen-bond acceptors (Lipinski definition) is 2. The molecule has 1 aromatic carbocycles. The van der Waals surface area contributed by atoms with E-state index in [-0.39, 0.29) is 0 Å². The molecule has 1 aliphatic heterocycles. The molecular formula is C11H12Br2OS. The summed E-state index contributed by atoms with van der Waals surface area (Å²) in [6.07, 6.45) is 0. The molecule has 0 bridgehead atoms. The lowest BCUT2D eigenvalue weighted by atomic mass is 9.85. The highest BCUT2D eigenvalue weighted by molar-refractivity contribution is 9.11. The van der Waals surface area contributed by atoms with Crippen molar-refractivity contribution in [2.45, 2.75) is 12.5 Å². The average Bonchev–Trinajstić information content (AvgIpc) is 2.47. The minimum Gasteiger partial charge on any atom is -0.384 e. The van der Waals surface area contributed by atoms with Crippen molar-refractivity contribution in [2.24, 2.45) is 5.92 Å². The van der Waals surface area contributed by atoms with E-state index in [1.54, 1.807) is 0 Å². The van der Waals surface area contributed by atoms with Gasteiger partial charge < -0.3 is 5.11 Å². The summed E-state index contributed by atoms with van der Waals surface area (Å²) in [5, 5.41) is 10.6. The van der Waals surface area contributed by atoms with E-state index < -0.39 is 5.60 Å². The molecular weight excluding hydrogens is 340 g/mol. The van der Waals surface area contributed by atoms with Gasteiger partial charge in [-0.15, -0.1) is 0 Å². The zero-order valence-electron chi connectivity index (χ0n) is 8.34. The summed E-state index contributed by atoms with van der Waals surface area (Å²) >= 11 is 8.73. The molecule has 1 fully saturated rings. The zero-order chi connectivity index (χ0) is 11.1. The maximum atomic E-state index is 10.6. The van der Waals surface area contributed by atoms with Crippen molar-refractivity contribution in [1.29, 1.82) is 0 Å². The fourth-order valence-electron chi connectivity index (χ4n) is 1.84. The van der Waals surface area contributed by atoms with Crippen molar-refractivity contribution in [3.63, 3.8) is 0 Å². The molecule has 0 spiro atoms. The first-order valence-electron chi connectivity index (χ1n) is 4.79. The van der Waals surface area contributed by atoms with Crippen LogP contribution in [0.2, 0.25) is 0 Å². The topological polar surface area (TPSA) is 20.2 Å². The number of benzene rings is 1. The third kappa shape index (κ3) is 2.28. The molecule has 4 heteroatoms. The Kier molecular flexibility index (Phi) is 3.51. The van der Waals surface area contributed by atoms with Crippen LogP contribution in [0.5, 0.6) is 0 Å². The van der Waals surface area contributed by atoms with Gasteiger partial charge in [-0.1, -0.05) is 38.8 Å². The number of thioether (sulfide) groups is 1. The van der Waals surface area contributed by atoms with E-state index in [1.165, 1.54) is 0 Å². The average molecular weight is 352 g/mol. The summed E-state index contributed by atoms with van der Waals surface area (Å²) in [5.41, 5.74) is 0.331. The van der Waals surface area contributed by atoms with Crippen molar-refractivity contribution in [2.75, 3.05) is 11.5 Å². The predicted octanol–water partition coefficient (Wildman–Crippen LogP) is 3.78. The lowest BCUT2D eigenvalue weighted by Crippen LogP contribution is -2.32. The summed E-state index contributed by atoms with van der Waals surface area (Å²) in [7, 11) is 0. The molecule has 0 saturated carbocycles. The van der Waals surface area contributed by atoms with Crippen LogP contribution in [-0.2, 0) is 5.60 Å². The Morgan fingerprint density at radius 2 is 1.93 bits per heavy atom. The van der Waals surface area contributed by atoms with E-state index in [1.807, 2.05) is 30.0 Å². The van der Waals surface area contributed by atoms with Gasteiger partial charge in [-0.25, -0.2) is 0 Å². The first-order valence-corrected chi connectivity index (χ1v) is 7.53. The number of aliphatic hydroxyl groups is 1. The van der Waals surface area contributed by atoms with Crippen LogP contribution in [0.4, 0.5) is 0 Å². The fraction of sp³-hybridized carbons (Fsp3) is 0.455. The van der Waals surface area contributed by atoms with Gasteiger partial charge in [-0.2, -0.15) is 11.8 Å². The van der Waals surface area contributed by atoms with Crippen LogP contribution in [0.3, 0.4) is 0 Å². The van der Waals surface area contributed by atoms with Crippen molar-refractivity contribution in [1.82, 2.24) is 0 Å². The molecule has 1 N–H and O–H groups in total. The molecule has 2 atom stereocenters. The van der Waals surface area contributed by atoms with Gasteiger partial charge in [0.1, 0.15) is 5.60 Å². The molecule has 2 rings (SSSR count). The molecule has 0 unspecified atom stereocenters. The van der Waals surface area contributed by atoms with Gasteiger partial charge in [0.15, 0.2) is 0 Å². The highest BCUT2D eigenvalue weighted by Crippen LogP contribution is 2.42. The molecule has 1 saturated heterocycles. The quantitative estimate of drug-likeness (QED) is 0.830. The van der Waals surface area contributed by atoms with Gasteiger partial charge in [0.05, 0.1) is 0 Å². The fourth-order valence-corrected chi connectivity index (χ4v) is 4.65. The van der Waals surface area contributed by atoms with E-state index in [0.29, 0.717) is 5.92 Å². The number of hydrogen-bond donors (Lipinski definition) is 1. The standard InChI is InChI=1S/C11H12Br2OS/c1-7-5-15-6-11(7,14)8-2-9(12)4-10(13)3-8/h2-4,7,14H,5-6H2,1H3/t7-,11-/m0/s1. The van der Waals surface area contributed by atoms with Crippen molar-refractivity contribution in [3.8, 4) is 0 Å². The Balaban J connectivity index is 2.44. The Hall–Kier alpha value is 0.490. The predicted molar refractivity (Wildman–Crippen MR) is 72.2 cm³/mol. The van der Waals surface area contributed by atoms with Gasteiger partial charge in [0, 0.05) is 14.7 Å². The Labute approximate surface area is 111 Å². The van der Waals surface area contributed by atoms with Crippen LogP contribution < -0.4 is 0 Å². The van der Waals surface area contributed by atoms with Crippen LogP contribution in [0.1, 0.15) is 12.5 Å². The normalized spacial score (nSPS) is 30.8. The van der Waals surface area contributed by atoms with Gasteiger partial charge in [-0.3, -0.25) is 0 Å². The molecule has 15 heavy (non-hydrogen) atoms. The summed E-state index contributed by atoms with van der Waals surface area (Å²) in [6.45, 7) is 2.11. The first-order chi connectivity index (χ1) is 7.02. The second kappa shape index (κ2) is 4.40. The molecule has 0 aliphatic carbocycles. The summed E-state index contributed by atoms with van der Waals surface area (Å²) < 4.78 is 2.01. The van der Waals surface area contributed by atoms with Gasteiger partial charge in [0.25, 0.3) is 0 Å². The molecule has 82 valence electrons. The van der Waals surface area contributed by atoms with Crippen LogP contribution in [0.15, 0.2) is 27.1 Å². The molecule has 1 nitrogen and oxygen atoms in total. The van der Waals surface area contributed by atoms with Crippen LogP contribution in [0.25, 0.3) is 0 Å². The van der Waals surface area contributed by atoms with Crippen molar-refractivity contribution in [3.05, 3.63) is 32.7 Å². The van der Waals surface area contributed by atoms with Crippen LogP contribution >= 0.6 is 43.6 Å². The first kappa shape index (κ1) is 12.0. The summed E-state index contributed by atoms with van der Waals surface area (Å²) in [4.78, 5) is 0. The molecule has 0 radical (unpaired) electrons. The van der Waals surface area contributed by atoms with Gasteiger partial charge in [-0.05, 0) is 35.4 Å². The molecule has 0 aromatic heterocycles. The van der Waals surface area contributed by atoms with Crippen molar-refractivity contribution < 1.29 is 5.11 Å². The van der Waals surface area contributed by atoms with E-state index in [9.17, 15) is 5.11 Å². The monoisotopic (exact) mass is 350 g/mol. The molecule has 0 amide bonds.